The number of likely N-dealkylation sites (tertiary alicyclic amines) is 1. The van der Waals surface area contributed by atoms with Crippen LogP contribution in [-0.4, -0.2) is 84.1 Å². The van der Waals surface area contributed by atoms with Gasteiger partial charge in [-0.3, -0.25) is 25.1 Å². The zero-order chi connectivity index (χ0) is 23.7. The number of amides is 4. The molecule has 3 heterocycles. The van der Waals surface area contributed by atoms with Crippen LogP contribution in [0.3, 0.4) is 0 Å². The second-order valence-electron chi connectivity index (χ2n) is 9.10. The zero-order valence-corrected chi connectivity index (χ0v) is 20.4. The molecule has 3 aliphatic heterocycles. The fourth-order valence-electron chi connectivity index (χ4n) is 4.72. The lowest BCUT2D eigenvalue weighted by Crippen LogP contribution is -2.72. The summed E-state index contributed by atoms with van der Waals surface area (Å²) < 4.78 is 5.37. The number of hydrogen-bond acceptors (Lipinski definition) is 7. The van der Waals surface area contributed by atoms with Gasteiger partial charge in [0, 0.05) is 27.2 Å². The van der Waals surface area contributed by atoms with Gasteiger partial charge in [0.2, 0.25) is 11.8 Å². The van der Waals surface area contributed by atoms with Gasteiger partial charge >= 0.3 is 6.03 Å². The van der Waals surface area contributed by atoms with E-state index >= 15 is 0 Å². The van der Waals surface area contributed by atoms with Gasteiger partial charge in [-0.15, -0.1) is 11.8 Å². The third-order valence-electron chi connectivity index (χ3n) is 6.91. The molecule has 0 saturated carbocycles. The molecule has 9 nitrogen and oxygen atoms in total. The van der Waals surface area contributed by atoms with Crippen LogP contribution in [0.2, 0.25) is 0 Å². The first-order chi connectivity index (χ1) is 15.8. The molecule has 1 aromatic carbocycles. The van der Waals surface area contributed by atoms with Gasteiger partial charge in [0.15, 0.2) is 0 Å². The van der Waals surface area contributed by atoms with Crippen molar-refractivity contribution in [3.05, 3.63) is 29.8 Å². The van der Waals surface area contributed by atoms with E-state index in [1.807, 2.05) is 29.2 Å². The molecule has 0 bridgehead atoms. The van der Waals surface area contributed by atoms with E-state index in [4.69, 9.17) is 4.74 Å². The van der Waals surface area contributed by atoms with E-state index in [-0.39, 0.29) is 35.1 Å². The summed E-state index contributed by atoms with van der Waals surface area (Å²) in [5.41, 5.74) is 0.932. The summed E-state index contributed by atoms with van der Waals surface area (Å²) in [6, 6.07) is 7.32. The van der Waals surface area contributed by atoms with Crippen LogP contribution >= 0.6 is 11.8 Å². The molecule has 0 radical (unpaired) electrons. The number of benzene rings is 1. The van der Waals surface area contributed by atoms with Gasteiger partial charge in [-0.05, 0) is 36.5 Å². The van der Waals surface area contributed by atoms with E-state index in [1.54, 1.807) is 19.1 Å². The first kappa shape index (κ1) is 23.8. The van der Waals surface area contributed by atoms with E-state index in [0.29, 0.717) is 5.92 Å². The fraction of sp³-hybridized carbons (Fsp3) is 0.609. The van der Waals surface area contributed by atoms with Gasteiger partial charge in [0.05, 0.1) is 36.5 Å². The summed E-state index contributed by atoms with van der Waals surface area (Å²) in [5.74, 6) is 1.00. The largest absolute Gasteiger partial charge is 0.497 e. The number of urea groups is 1. The minimum absolute atomic E-state index is 0.0998. The van der Waals surface area contributed by atoms with Crippen molar-refractivity contribution >= 4 is 29.6 Å². The van der Waals surface area contributed by atoms with Crippen LogP contribution in [0.4, 0.5) is 4.79 Å². The molecular formula is C23H33N5O4S. The molecule has 4 unspecified atom stereocenters. The van der Waals surface area contributed by atoms with Crippen molar-refractivity contribution in [2.24, 2.45) is 11.8 Å². The lowest BCUT2D eigenvalue weighted by Gasteiger charge is -2.50. The average Bonchev–Trinajstić information content (AvgIpc) is 2.84. The summed E-state index contributed by atoms with van der Waals surface area (Å²) in [6.07, 6.45) is 1.26. The molecule has 1 aromatic rings. The zero-order valence-electron chi connectivity index (χ0n) is 19.6. The Morgan fingerprint density at radius 1 is 1.18 bits per heavy atom. The Balaban J connectivity index is 1.54. The maximum Gasteiger partial charge on any atom is 0.327 e. The van der Waals surface area contributed by atoms with Crippen LogP contribution in [0.25, 0.3) is 0 Å². The molecule has 0 aromatic heterocycles. The Bertz CT molecular complexity index is 907. The molecule has 180 valence electrons. The fourth-order valence-corrected chi connectivity index (χ4v) is 5.93. The Labute approximate surface area is 199 Å². The monoisotopic (exact) mass is 475 g/mol. The highest BCUT2D eigenvalue weighted by atomic mass is 32.2. The van der Waals surface area contributed by atoms with Gasteiger partial charge in [0.1, 0.15) is 5.75 Å². The van der Waals surface area contributed by atoms with E-state index in [0.717, 1.165) is 42.1 Å². The summed E-state index contributed by atoms with van der Waals surface area (Å²) >= 11 is 1.44. The van der Waals surface area contributed by atoms with Crippen LogP contribution in [0, 0.1) is 11.8 Å². The normalized spacial score (nSPS) is 28.7. The third-order valence-corrected chi connectivity index (χ3v) is 8.11. The molecule has 10 heteroatoms. The van der Waals surface area contributed by atoms with Crippen molar-refractivity contribution in [1.29, 1.82) is 0 Å². The van der Waals surface area contributed by atoms with Crippen molar-refractivity contribution in [1.82, 2.24) is 25.3 Å². The van der Waals surface area contributed by atoms with Crippen LogP contribution in [0.15, 0.2) is 24.3 Å². The molecule has 33 heavy (non-hydrogen) atoms. The topological polar surface area (TPSA) is 94.2 Å². The van der Waals surface area contributed by atoms with E-state index in [2.05, 4.69) is 17.6 Å². The number of nitrogens with one attached hydrogen (secondary N) is 2. The van der Waals surface area contributed by atoms with Gasteiger partial charge in [-0.25, -0.2) is 4.79 Å². The minimum Gasteiger partial charge on any atom is -0.497 e. The molecule has 4 rings (SSSR count). The van der Waals surface area contributed by atoms with Gasteiger partial charge in [0.25, 0.3) is 0 Å². The number of piperidine rings is 1. The summed E-state index contributed by atoms with van der Waals surface area (Å²) in [6.45, 7) is 3.80. The Hall–Kier alpha value is -2.30. The van der Waals surface area contributed by atoms with Crippen molar-refractivity contribution in [2.45, 2.75) is 37.5 Å². The highest BCUT2D eigenvalue weighted by Crippen LogP contribution is 2.35. The number of rotatable bonds is 5. The second-order valence-corrected chi connectivity index (χ2v) is 10.2. The number of carbonyl (C=O) groups excluding carboxylic acids is 3. The molecule has 2 N–H and O–H groups in total. The third kappa shape index (κ3) is 4.83. The number of ether oxygens (including phenoxy) is 1. The number of fused-ring (bicyclic) bond motifs is 1. The SMILES string of the molecule is COc1cccc(C2NC(SCC(=O)N3CCC(C)CC3)C3C(=O)N(C)C(=O)N(C)C3N2)c1. The predicted octanol–water partition coefficient (Wildman–Crippen LogP) is 1.67. The lowest BCUT2D eigenvalue weighted by molar-refractivity contribution is -0.140. The van der Waals surface area contributed by atoms with E-state index in [9.17, 15) is 14.4 Å². The molecule has 3 saturated heterocycles. The summed E-state index contributed by atoms with van der Waals surface area (Å²) in [7, 11) is 4.82. The highest BCUT2D eigenvalue weighted by molar-refractivity contribution is 8.00. The van der Waals surface area contributed by atoms with Crippen LogP contribution < -0.4 is 15.4 Å². The van der Waals surface area contributed by atoms with E-state index in [1.165, 1.54) is 18.8 Å². The Morgan fingerprint density at radius 3 is 2.61 bits per heavy atom. The second kappa shape index (κ2) is 9.90. The summed E-state index contributed by atoms with van der Waals surface area (Å²) in [4.78, 5) is 43.3. The first-order valence-corrected chi connectivity index (χ1v) is 12.4. The number of imide groups is 1. The van der Waals surface area contributed by atoms with Gasteiger partial charge < -0.3 is 14.5 Å². The Kier molecular flexibility index (Phi) is 7.16. The Morgan fingerprint density at radius 2 is 1.91 bits per heavy atom. The number of nitrogens with zero attached hydrogens (tertiary/aromatic N) is 3. The predicted molar refractivity (Wildman–Crippen MR) is 126 cm³/mol. The van der Waals surface area contributed by atoms with Crippen LogP contribution in [-0.2, 0) is 9.59 Å². The molecule has 4 atom stereocenters. The molecule has 0 spiro atoms. The molecular weight excluding hydrogens is 442 g/mol. The molecule has 3 fully saturated rings. The number of carbonyl (C=O) groups is 3. The molecule has 4 amide bonds. The summed E-state index contributed by atoms with van der Waals surface area (Å²) in [5, 5.41) is 6.59. The van der Waals surface area contributed by atoms with Crippen molar-refractivity contribution < 1.29 is 19.1 Å². The number of thioether (sulfide) groups is 1. The molecule has 0 aliphatic carbocycles. The highest BCUT2D eigenvalue weighted by Gasteiger charge is 2.51. The number of methoxy groups -OCH3 is 1. The van der Waals surface area contributed by atoms with Crippen molar-refractivity contribution in [3.8, 4) is 5.75 Å². The standard InChI is InChI=1S/C23H33N5O4S/c1-14-8-10-28(11-9-14)17(29)13-33-21-18-20(26(2)23(31)27(3)22(18)30)24-19(25-21)15-6-5-7-16(12-15)32-4/h5-7,12,14,18-21,24-25H,8-11,13H2,1-4H3. The average molecular weight is 476 g/mol. The number of hydrogen-bond donors (Lipinski definition) is 2. The lowest BCUT2D eigenvalue weighted by atomic mass is 9.96. The maximum atomic E-state index is 13.1. The van der Waals surface area contributed by atoms with Gasteiger partial charge in [-0.1, -0.05) is 19.1 Å². The van der Waals surface area contributed by atoms with Gasteiger partial charge in [-0.2, -0.15) is 0 Å². The smallest absolute Gasteiger partial charge is 0.327 e. The van der Waals surface area contributed by atoms with Crippen molar-refractivity contribution in [2.75, 3.05) is 40.0 Å². The quantitative estimate of drug-likeness (QED) is 0.669. The first-order valence-electron chi connectivity index (χ1n) is 11.4. The minimum atomic E-state index is -0.515. The maximum absolute atomic E-state index is 13.1. The molecule has 3 aliphatic rings. The van der Waals surface area contributed by atoms with Crippen molar-refractivity contribution in [3.63, 3.8) is 0 Å². The van der Waals surface area contributed by atoms with E-state index < -0.39 is 12.1 Å². The van der Waals surface area contributed by atoms with Crippen LogP contribution in [0.5, 0.6) is 5.75 Å². The van der Waals surface area contributed by atoms with Crippen LogP contribution in [0.1, 0.15) is 31.5 Å².